The lowest BCUT2D eigenvalue weighted by Gasteiger charge is -2.23. The molecule has 2 aromatic carbocycles. The molecule has 0 aliphatic carbocycles. The number of morpholine rings is 1. The van der Waals surface area contributed by atoms with Crippen molar-refractivity contribution in [1.82, 2.24) is 5.01 Å². The fourth-order valence-electron chi connectivity index (χ4n) is 3.21. The molecule has 1 saturated heterocycles. The number of aryl methyl sites for hydroxylation is 1. The molecule has 3 rings (SSSR count). The summed E-state index contributed by atoms with van der Waals surface area (Å²) in [5, 5.41) is 7.35. The number of hydrogen-bond acceptors (Lipinski definition) is 5. The van der Waals surface area contributed by atoms with Crippen molar-refractivity contribution in [2.45, 2.75) is 33.3 Å². The van der Waals surface area contributed by atoms with Crippen LogP contribution in [0.25, 0.3) is 0 Å². The first-order valence-electron chi connectivity index (χ1n) is 9.94. The predicted molar refractivity (Wildman–Crippen MR) is 118 cm³/mol. The second-order valence-electron chi connectivity index (χ2n) is 7.46. The van der Waals surface area contributed by atoms with E-state index < -0.39 is 0 Å². The van der Waals surface area contributed by atoms with Crippen molar-refractivity contribution in [2.24, 2.45) is 5.10 Å². The number of halogens is 1. The third-order valence-corrected chi connectivity index (χ3v) is 5.37. The molecule has 5 nitrogen and oxygen atoms in total. The molecule has 0 radical (unpaired) electrons. The molecule has 0 saturated carbocycles. The monoisotopic (exact) mass is 416 g/mol. The smallest absolute Gasteiger partial charge is 0.125 e. The Hall–Kier alpha value is -2.24. The summed E-state index contributed by atoms with van der Waals surface area (Å²) in [6.07, 6.45) is 1.88. The minimum atomic E-state index is 0.317. The molecular weight excluding hydrogens is 388 g/mol. The maximum Gasteiger partial charge on any atom is 0.125 e. The first kappa shape index (κ1) is 21.5. The minimum Gasteiger partial charge on any atom is -0.496 e. The fourth-order valence-corrected chi connectivity index (χ4v) is 3.38. The summed E-state index contributed by atoms with van der Waals surface area (Å²) in [6.45, 7) is 9.74. The largest absolute Gasteiger partial charge is 0.496 e. The number of rotatable bonds is 7. The summed E-state index contributed by atoms with van der Waals surface area (Å²) in [5.41, 5.74) is 4.09. The van der Waals surface area contributed by atoms with Crippen LogP contribution in [-0.2, 0) is 11.3 Å². The van der Waals surface area contributed by atoms with Crippen molar-refractivity contribution in [3.05, 3.63) is 57.6 Å². The number of nitrogens with zero attached hydrogens (tertiary/aromatic N) is 2. The minimum absolute atomic E-state index is 0.317. The Morgan fingerprint density at radius 2 is 1.93 bits per heavy atom. The molecular formula is C23H29ClN2O3. The van der Waals surface area contributed by atoms with Gasteiger partial charge in [0, 0.05) is 10.6 Å². The van der Waals surface area contributed by atoms with Gasteiger partial charge in [0.2, 0.25) is 0 Å². The van der Waals surface area contributed by atoms with Gasteiger partial charge in [-0.1, -0.05) is 25.4 Å². The van der Waals surface area contributed by atoms with Crippen molar-refractivity contribution < 1.29 is 14.2 Å². The maximum absolute atomic E-state index is 6.31. The van der Waals surface area contributed by atoms with E-state index in [9.17, 15) is 0 Å². The SMILES string of the molecule is COc1ccc(/C=N\N2CCOCC2)cc1COc1cc(C)c(Cl)cc1C(C)C. The molecule has 0 bridgehead atoms. The highest BCUT2D eigenvalue weighted by Crippen LogP contribution is 2.33. The van der Waals surface area contributed by atoms with E-state index in [1.54, 1.807) is 7.11 Å². The van der Waals surface area contributed by atoms with E-state index in [0.717, 1.165) is 65.1 Å². The zero-order valence-electron chi connectivity index (χ0n) is 17.6. The molecule has 0 amide bonds. The highest BCUT2D eigenvalue weighted by molar-refractivity contribution is 6.31. The Balaban J connectivity index is 1.78. The van der Waals surface area contributed by atoms with Crippen LogP contribution < -0.4 is 9.47 Å². The normalized spacial score (nSPS) is 14.6. The summed E-state index contributed by atoms with van der Waals surface area (Å²) < 4.78 is 17.1. The van der Waals surface area contributed by atoms with Crippen molar-refractivity contribution >= 4 is 17.8 Å². The van der Waals surface area contributed by atoms with Gasteiger partial charge in [-0.05, 0) is 59.9 Å². The molecule has 1 heterocycles. The predicted octanol–water partition coefficient (Wildman–Crippen LogP) is 5.03. The highest BCUT2D eigenvalue weighted by atomic mass is 35.5. The zero-order valence-corrected chi connectivity index (χ0v) is 18.3. The quantitative estimate of drug-likeness (QED) is 0.594. The molecule has 0 spiro atoms. The van der Waals surface area contributed by atoms with E-state index in [1.807, 2.05) is 42.4 Å². The van der Waals surface area contributed by atoms with Crippen LogP contribution in [0.3, 0.4) is 0 Å². The van der Waals surface area contributed by atoms with Gasteiger partial charge in [0.15, 0.2) is 0 Å². The van der Waals surface area contributed by atoms with E-state index in [-0.39, 0.29) is 0 Å². The molecule has 1 aliphatic heterocycles. The second kappa shape index (κ2) is 9.99. The zero-order chi connectivity index (χ0) is 20.8. The van der Waals surface area contributed by atoms with Crippen molar-refractivity contribution in [1.29, 1.82) is 0 Å². The van der Waals surface area contributed by atoms with Crippen LogP contribution in [0.1, 0.15) is 42.0 Å². The third kappa shape index (κ3) is 5.64. The van der Waals surface area contributed by atoms with E-state index in [0.29, 0.717) is 12.5 Å². The van der Waals surface area contributed by atoms with Gasteiger partial charge >= 0.3 is 0 Å². The molecule has 2 aromatic rings. The van der Waals surface area contributed by atoms with E-state index in [2.05, 4.69) is 25.0 Å². The van der Waals surface area contributed by atoms with Crippen LogP contribution in [0.4, 0.5) is 0 Å². The van der Waals surface area contributed by atoms with Crippen LogP contribution in [0, 0.1) is 6.92 Å². The molecule has 0 atom stereocenters. The van der Waals surface area contributed by atoms with E-state index in [1.165, 1.54) is 0 Å². The molecule has 1 aliphatic rings. The molecule has 0 N–H and O–H groups in total. The second-order valence-corrected chi connectivity index (χ2v) is 7.87. The fraction of sp³-hybridized carbons (Fsp3) is 0.435. The number of ether oxygens (including phenoxy) is 3. The first-order valence-corrected chi connectivity index (χ1v) is 10.3. The Morgan fingerprint density at radius 3 is 2.62 bits per heavy atom. The summed E-state index contributed by atoms with van der Waals surface area (Å²) in [6, 6.07) is 10.0. The highest BCUT2D eigenvalue weighted by Gasteiger charge is 2.13. The number of hydrogen-bond donors (Lipinski definition) is 0. The summed E-state index contributed by atoms with van der Waals surface area (Å²) in [7, 11) is 1.67. The van der Waals surface area contributed by atoms with Crippen molar-refractivity contribution in [3.8, 4) is 11.5 Å². The Morgan fingerprint density at radius 1 is 1.17 bits per heavy atom. The van der Waals surface area contributed by atoms with Gasteiger partial charge in [-0.2, -0.15) is 5.10 Å². The molecule has 0 aromatic heterocycles. The van der Waals surface area contributed by atoms with Gasteiger partial charge < -0.3 is 14.2 Å². The van der Waals surface area contributed by atoms with Crippen LogP contribution >= 0.6 is 11.6 Å². The van der Waals surface area contributed by atoms with Crippen LogP contribution in [0.5, 0.6) is 11.5 Å². The van der Waals surface area contributed by atoms with Crippen molar-refractivity contribution in [3.63, 3.8) is 0 Å². The van der Waals surface area contributed by atoms with Gasteiger partial charge in [0.1, 0.15) is 18.1 Å². The van der Waals surface area contributed by atoms with E-state index >= 15 is 0 Å². The molecule has 29 heavy (non-hydrogen) atoms. The van der Waals surface area contributed by atoms with Gasteiger partial charge in [-0.25, -0.2) is 0 Å². The summed E-state index contributed by atoms with van der Waals surface area (Å²) >= 11 is 6.31. The molecule has 0 unspecified atom stereocenters. The van der Waals surface area contributed by atoms with Gasteiger partial charge in [-0.3, -0.25) is 5.01 Å². The Labute approximate surface area is 178 Å². The molecule has 156 valence electrons. The summed E-state index contributed by atoms with van der Waals surface area (Å²) in [5.74, 6) is 1.97. The van der Waals surface area contributed by atoms with Crippen LogP contribution in [0.15, 0.2) is 35.4 Å². The number of methoxy groups -OCH3 is 1. The summed E-state index contributed by atoms with van der Waals surface area (Å²) in [4.78, 5) is 0. The molecule has 1 fully saturated rings. The average molecular weight is 417 g/mol. The third-order valence-electron chi connectivity index (χ3n) is 4.96. The van der Waals surface area contributed by atoms with Crippen molar-refractivity contribution in [2.75, 3.05) is 33.4 Å². The lowest BCUT2D eigenvalue weighted by Crippen LogP contribution is -2.32. The lowest BCUT2D eigenvalue weighted by molar-refractivity contribution is 0.0397. The van der Waals surface area contributed by atoms with Crippen LogP contribution in [0.2, 0.25) is 5.02 Å². The number of benzene rings is 2. The Bertz CT molecular complexity index is 861. The van der Waals surface area contributed by atoms with Gasteiger partial charge in [0.05, 0.1) is 39.6 Å². The first-order chi connectivity index (χ1) is 14.0. The lowest BCUT2D eigenvalue weighted by atomic mass is 10.0. The Kier molecular flexibility index (Phi) is 7.40. The van der Waals surface area contributed by atoms with Gasteiger partial charge in [-0.15, -0.1) is 0 Å². The van der Waals surface area contributed by atoms with Gasteiger partial charge in [0.25, 0.3) is 0 Å². The van der Waals surface area contributed by atoms with E-state index in [4.69, 9.17) is 25.8 Å². The molecule has 6 heteroatoms. The average Bonchev–Trinajstić information content (AvgIpc) is 2.73. The van der Waals surface area contributed by atoms with Crippen LogP contribution in [-0.4, -0.2) is 44.6 Å². The number of hydrazone groups is 1. The standard InChI is InChI=1S/C23H29ClN2O3/c1-16(2)20-13-21(24)17(3)11-23(20)29-15-19-12-18(5-6-22(19)27-4)14-25-26-7-9-28-10-8-26/h5-6,11-14,16H,7-10,15H2,1-4H3/b25-14-. The topological polar surface area (TPSA) is 43.3 Å². The maximum atomic E-state index is 6.31.